The fourth-order valence-corrected chi connectivity index (χ4v) is 4.09. The predicted molar refractivity (Wildman–Crippen MR) is 78.5 cm³/mol. The molecule has 2 unspecified atom stereocenters. The van der Waals surface area contributed by atoms with E-state index in [4.69, 9.17) is 0 Å². The Morgan fingerprint density at radius 3 is 2.74 bits per heavy atom. The molecule has 1 aromatic rings. The fraction of sp³-hybridized carbons (Fsp3) is 0.615. The highest BCUT2D eigenvalue weighted by molar-refractivity contribution is 7.91. The molecule has 1 fully saturated rings. The summed E-state index contributed by atoms with van der Waals surface area (Å²) in [4.78, 5) is 6.11. The zero-order valence-electron chi connectivity index (χ0n) is 11.6. The summed E-state index contributed by atoms with van der Waals surface area (Å²) in [6, 6.07) is 1.91. The first-order chi connectivity index (χ1) is 8.89. The Morgan fingerprint density at radius 2 is 2.11 bits per heavy atom. The van der Waals surface area contributed by atoms with E-state index in [-0.39, 0.29) is 11.3 Å². The van der Waals surface area contributed by atoms with E-state index in [1.165, 1.54) is 6.26 Å². The monoisotopic (exact) mass is 283 g/mol. The lowest BCUT2D eigenvalue weighted by Crippen LogP contribution is -2.34. The van der Waals surface area contributed by atoms with Gasteiger partial charge >= 0.3 is 0 Å². The summed E-state index contributed by atoms with van der Waals surface area (Å²) < 4.78 is 23.6. The molecule has 1 N–H and O–H groups in total. The molecule has 5 nitrogen and oxygen atoms in total. The molecule has 2 atom stereocenters. The summed E-state index contributed by atoms with van der Waals surface area (Å²) in [6.07, 6.45) is 7.41. The first-order valence-electron chi connectivity index (χ1n) is 6.46. The van der Waals surface area contributed by atoms with Crippen molar-refractivity contribution in [3.8, 4) is 0 Å². The van der Waals surface area contributed by atoms with E-state index in [9.17, 15) is 8.42 Å². The van der Waals surface area contributed by atoms with Gasteiger partial charge in [0.05, 0.1) is 22.8 Å². The standard InChI is InChI=1S/C13H21N3O2S/c1-16(2)12-7-8-14-9-11(12)15-10-5-4-6-13(10)19(3,17)18/h7-10,13,15H,4-6H2,1-3H3. The van der Waals surface area contributed by atoms with Crippen LogP contribution in [0.25, 0.3) is 0 Å². The minimum Gasteiger partial charge on any atom is -0.378 e. The Kier molecular flexibility index (Phi) is 3.99. The van der Waals surface area contributed by atoms with Crippen LogP contribution in [0.4, 0.5) is 11.4 Å². The summed E-state index contributed by atoms with van der Waals surface area (Å²) in [5.74, 6) is 0. The molecular formula is C13H21N3O2S. The first kappa shape index (κ1) is 14.1. The number of nitrogens with one attached hydrogen (secondary N) is 1. The Labute approximate surface area is 114 Å². The highest BCUT2D eigenvalue weighted by Gasteiger charge is 2.35. The molecule has 0 spiro atoms. The topological polar surface area (TPSA) is 62.3 Å². The van der Waals surface area contributed by atoms with E-state index in [0.29, 0.717) is 0 Å². The van der Waals surface area contributed by atoms with Crippen LogP contribution in [-0.2, 0) is 9.84 Å². The molecule has 19 heavy (non-hydrogen) atoms. The lowest BCUT2D eigenvalue weighted by Gasteiger charge is -2.24. The largest absolute Gasteiger partial charge is 0.378 e. The van der Waals surface area contributed by atoms with Crippen molar-refractivity contribution in [2.75, 3.05) is 30.6 Å². The molecule has 0 aliphatic heterocycles. The third-order valence-electron chi connectivity index (χ3n) is 3.62. The average Bonchev–Trinajstić information content (AvgIpc) is 2.77. The van der Waals surface area contributed by atoms with Gasteiger partial charge in [0.2, 0.25) is 0 Å². The number of rotatable bonds is 4. The molecule has 1 aliphatic rings. The van der Waals surface area contributed by atoms with Gasteiger partial charge in [0.15, 0.2) is 9.84 Å². The zero-order valence-corrected chi connectivity index (χ0v) is 12.4. The number of hydrogen-bond donors (Lipinski definition) is 1. The second-order valence-electron chi connectivity index (χ2n) is 5.34. The van der Waals surface area contributed by atoms with Crippen molar-refractivity contribution >= 4 is 21.2 Å². The Hall–Kier alpha value is -1.30. The third kappa shape index (κ3) is 3.18. The van der Waals surface area contributed by atoms with Gasteiger partial charge in [0.25, 0.3) is 0 Å². The van der Waals surface area contributed by atoms with Crippen LogP contribution in [0.2, 0.25) is 0 Å². The molecule has 0 amide bonds. The van der Waals surface area contributed by atoms with Gasteiger partial charge < -0.3 is 10.2 Å². The maximum Gasteiger partial charge on any atom is 0.152 e. The minimum atomic E-state index is -3.00. The number of anilines is 2. The summed E-state index contributed by atoms with van der Waals surface area (Å²) in [5, 5.41) is 3.07. The number of pyridine rings is 1. The predicted octanol–water partition coefficient (Wildman–Crippen LogP) is 1.53. The minimum absolute atomic E-state index is 0.0158. The van der Waals surface area contributed by atoms with Crippen LogP contribution in [-0.4, -0.2) is 45.0 Å². The van der Waals surface area contributed by atoms with Crippen LogP contribution >= 0.6 is 0 Å². The van der Waals surface area contributed by atoms with Crippen LogP contribution in [0, 0.1) is 0 Å². The van der Waals surface area contributed by atoms with Crippen LogP contribution in [0.15, 0.2) is 18.5 Å². The van der Waals surface area contributed by atoms with Gasteiger partial charge in [-0.2, -0.15) is 0 Å². The van der Waals surface area contributed by atoms with Crippen LogP contribution in [0.3, 0.4) is 0 Å². The molecule has 6 heteroatoms. The third-order valence-corrected chi connectivity index (χ3v) is 5.29. The van der Waals surface area contributed by atoms with Crippen LogP contribution in [0.1, 0.15) is 19.3 Å². The molecule has 2 rings (SSSR count). The maximum atomic E-state index is 11.8. The first-order valence-corrected chi connectivity index (χ1v) is 8.42. The quantitative estimate of drug-likeness (QED) is 0.908. The molecule has 1 aromatic heterocycles. The van der Waals surface area contributed by atoms with Crippen molar-refractivity contribution in [2.45, 2.75) is 30.6 Å². The van der Waals surface area contributed by atoms with Gasteiger partial charge in [-0.1, -0.05) is 0 Å². The molecule has 106 valence electrons. The molecule has 1 saturated carbocycles. The molecular weight excluding hydrogens is 262 g/mol. The lowest BCUT2D eigenvalue weighted by molar-refractivity contribution is 0.579. The van der Waals surface area contributed by atoms with E-state index in [1.54, 1.807) is 12.4 Å². The van der Waals surface area contributed by atoms with Gasteiger partial charge in [0.1, 0.15) is 0 Å². The maximum absolute atomic E-state index is 11.8. The second-order valence-corrected chi connectivity index (χ2v) is 7.60. The molecule has 1 heterocycles. The van der Waals surface area contributed by atoms with Gasteiger partial charge in [-0.15, -0.1) is 0 Å². The van der Waals surface area contributed by atoms with Crippen molar-refractivity contribution in [1.82, 2.24) is 4.98 Å². The molecule has 0 saturated heterocycles. The average molecular weight is 283 g/mol. The number of sulfone groups is 1. The molecule has 0 bridgehead atoms. The molecule has 0 radical (unpaired) electrons. The Balaban J connectivity index is 2.22. The van der Waals surface area contributed by atoms with E-state index in [1.807, 2.05) is 25.1 Å². The van der Waals surface area contributed by atoms with E-state index in [2.05, 4.69) is 10.3 Å². The van der Waals surface area contributed by atoms with Gasteiger partial charge in [-0.05, 0) is 25.3 Å². The molecule has 0 aromatic carbocycles. The number of nitrogens with zero attached hydrogens (tertiary/aromatic N) is 2. The summed E-state index contributed by atoms with van der Waals surface area (Å²) in [7, 11) is 0.922. The van der Waals surface area contributed by atoms with Crippen molar-refractivity contribution in [2.24, 2.45) is 0 Å². The van der Waals surface area contributed by atoms with Crippen LogP contribution in [0.5, 0.6) is 0 Å². The van der Waals surface area contributed by atoms with Crippen molar-refractivity contribution in [1.29, 1.82) is 0 Å². The Morgan fingerprint density at radius 1 is 1.37 bits per heavy atom. The van der Waals surface area contributed by atoms with Crippen molar-refractivity contribution in [3.05, 3.63) is 18.5 Å². The molecule has 1 aliphatic carbocycles. The zero-order chi connectivity index (χ0) is 14.0. The SMILES string of the molecule is CN(C)c1ccncc1NC1CCCC1S(C)(=O)=O. The highest BCUT2D eigenvalue weighted by atomic mass is 32.2. The lowest BCUT2D eigenvalue weighted by atomic mass is 10.2. The van der Waals surface area contributed by atoms with Gasteiger partial charge in [0, 0.05) is 32.6 Å². The summed E-state index contributed by atoms with van der Waals surface area (Å²) in [6.45, 7) is 0. The second kappa shape index (κ2) is 5.36. The van der Waals surface area contributed by atoms with E-state index in [0.717, 1.165) is 30.6 Å². The number of hydrogen-bond acceptors (Lipinski definition) is 5. The number of aromatic nitrogens is 1. The van der Waals surface area contributed by atoms with Crippen LogP contribution < -0.4 is 10.2 Å². The Bertz CT molecular complexity index is 543. The van der Waals surface area contributed by atoms with E-state index >= 15 is 0 Å². The normalized spacial score (nSPS) is 23.3. The summed E-state index contributed by atoms with van der Waals surface area (Å²) >= 11 is 0. The smallest absolute Gasteiger partial charge is 0.152 e. The van der Waals surface area contributed by atoms with Crippen molar-refractivity contribution in [3.63, 3.8) is 0 Å². The van der Waals surface area contributed by atoms with Crippen molar-refractivity contribution < 1.29 is 8.42 Å². The summed E-state index contributed by atoms with van der Waals surface area (Å²) in [5.41, 5.74) is 1.92. The highest BCUT2D eigenvalue weighted by Crippen LogP contribution is 2.31. The van der Waals surface area contributed by atoms with E-state index < -0.39 is 9.84 Å². The van der Waals surface area contributed by atoms with Gasteiger partial charge in [-0.3, -0.25) is 4.98 Å². The fourth-order valence-electron chi connectivity index (χ4n) is 2.69. The van der Waals surface area contributed by atoms with Gasteiger partial charge in [-0.25, -0.2) is 8.42 Å².